The highest BCUT2D eigenvalue weighted by Gasteiger charge is 2.33. The highest BCUT2D eigenvalue weighted by atomic mass is 32.2. The summed E-state index contributed by atoms with van der Waals surface area (Å²) in [4.78, 5) is 39.3. The Bertz CT molecular complexity index is 1100. The Morgan fingerprint density at radius 1 is 1.19 bits per heavy atom. The lowest BCUT2D eigenvalue weighted by molar-refractivity contribution is -0.112. The number of hydrogen-bond acceptors (Lipinski definition) is 6. The van der Waals surface area contributed by atoms with Crippen LogP contribution in [-0.2, 0) is 14.8 Å². The van der Waals surface area contributed by atoms with Crippen LogP contribution in [0.5, 0.6) is 0 Å². The minimum absolute atomic E-state index is 0.0633. The van der Waals surface area contributed by atoms with Gasteiger partial charge in [-0.3, -0.25) is 19.3 Å². The Morgan fingerprint density at radius 2 is 1.93 bits per heavy atom. The van der Waals surface area contributed by atoms with E-state index in [1.807, 2.05) is 0 Å². The molecule has 0 saturated carbocycles. The predicted octanol–water partition coefficient (Wildman–Crippen LogP) is 0.348. The number of hydrogen-bond donors (Lipinski definition) is 1. The van der Waals surface area contributed by atoms with Gasteiger partial charge >= 0.3 is 0 Å². The van der Waals surface area contributed by atoms with Crippen LogP contribution in [0.1, 0.15) is 20.7 Å². The topological polar surface area (TPSA) is 116 Å². The summed E-state index contributed by atoms with van der Waals surface area (Å²) in [5, 5.41) is 2.63. The Kier molecular flexibility index (Phi) is 3.74. The van der Waals surface area contributed by atoms with E-state index in [4.69, 9.17) is 0 Å². The molecule has 0 unspecified atom stereocenters. The van der Waals surface area contributed by atoms with Gasteiger partial charge in [-0.15, -0.1) is 4.40 Å². The Hall–Kier alpha value is -3.27. The van der Waals surface area contributed by atoms with Crippen molar-refractivity contribution < 1.29 is 22.8 Å². The quantitative estimate of drug-likeness (QED) is 0.733. The van der Waals surface area contributed by atoms with E-state index in [1.165, 1.54) is 31.3 Å². The summed E-state index contributed by atoms with van der Waals surface area (Å²) in [7, 11) is -2.23. The van der Waals surface area contributed by atoms with Crippen LogP contribution >= 0.6 is 0 Å². The minimum Gasteiger partial charge on any atom is -0.331 e. The van der Waals surface area contributed by atoms with Gasteiger partial charge < -0.3 is 10.2 Å². The molecule has 0 radical (unpaired) electrons. The number of rotatable bonds is 2. The second-order valence-corrected chi connectivity index (χ2v) is 7.95. The maximum atomic E-state index is 12.7. The predicted molar refractivity (Wildman–Crippen MR) is 96.6 cm³/mol. The first-order valence-corrected chi connectivity index (χ1v) is 9.64. The van der Waals surface area contributed by atoms with Crippen LogP contribution in [0.25, 0.3) is 0 Å². The van der Waals surface area contributed by atoms with Crippen LogP contribution in [0.3, 0.4) is 0 Å². The monoisotopic (exact) mass is 386 g/mol. The normalized spacial score (nSPS) is 20.0. The number of amidine groups is 1. The van der Waals surface area contributed by atoms with E-state index in [9.17, 15) is 22.8 Å². The average Bonchev–Trinajstić information content (AvgIpc) is 2.84. The fourth-order valence-electron chi connectivity index (χ4n) is 3.03. The number of carbonyl (C=O) groups excluding carboxylic acids is 3. The number of imide groups is 1. The lowest BCUT2D eigenvalue weighted by Gasteiger charge is -2.28. The van der Waals surface area contributed by atoms with Crippen molar-refractivity contribution in [1.82, 2.24) is 9.80 Å². The van der Waals surface area contributed by atoms with Gasteiger partial charge in [0.05, 0.1) is 22.5 Å². The van der Waals surface area contributed by atoms with Gasteiger partial charge in [0.15, 0.2) is 5.84 Å². The van der Waals surface area contributed by atoms with E-state index >= 15 is 0 Å². The molecule has 1 N–H and O–H groups in total. The van der Waals surface area contributed by atoms with Crippen LogP contribution in [0, 0.1) is 0 Å². The SMILES string of the molecule is CN1C(=O)c2ccc(NC(=O)C3=CC=CN4CCS(=O)(=O)N=C34)cc2C1=O. The van der Waals surface area contributed by atoms with Crippen molar-refractivity contribution >= 4 is 39.3 Å². The summed E-state index contributed by atoms with van der Waals surface area (Å²) < 4.78 is 27.3. The molecule has 27 heavy (non-hydrogen) atoms. The molecule has 0 saturated heterocycles. The van der Waals surface area contributed by atoms with E-state index in [0.29, 0.717) is 5.69 Å². The van der Waals surface area contributed by atoms with E-state index in [-0.39, 0.29) is 34.8 Å². The molecule has 4 rings (SSSR count). The molecule has 0 atom stereocenters. The van der Waals surface area contributed by atoms with E-state index in [2.05, 4.69) is 9.71 Å². The second kappa shape index (κ2) is 5.88. The smallest absolute Gasteiger partial charge is 0.261 e. The molecule has 10 heteroatoms. The molecule has 0 aromatic heterocycles. The van der Waals surface area contributed by atoms with Gasteiger partial charge in [-0.2, -0.15) is 0 Å². The molecule has 3 aliphatic rings. The fraction of sp³-hybridized carbons (Fsp3) is 0.176. The number of carbonyl (C=O) groups is 3. The van der Waals surface area contributed by atoms with Crippen molar-refractivity contribution in [3.8, 4) is 0 Å². The first-order chi connectivity index (χ1) is 12.8. The van der Waals surface area contributed by atoms with Gasteiger partial charge in [0, 0.05) is 25.5 Å². The number of sulfonamides is 1. The summed E-state index contributed by atoms with van der Waals surface area (Å²) in [6.07, 6.45) is 4.76. The van der Waals surface area contributed by atoms with Crippen molar-refractivity contribution in [3.63, 3.8) is 0 Å². The molecule has 0 spiro atoms. The summed E-state index contributed by atoms with van der Waals surface area (Å²) in [5.41, 5.74) is 0.892. The van der Waals surface area contributed by atoms with Crippen LogP contribution in [0.2, 0.25) is 0 Å². The number of benzene rings is 1. The van der Waals surface area contributed by atoms with E-state index in [1.54, 1.807) is 17.2 Å². The highest BCUT2D eigenvalue weighted by Crippen LogP contribution is 2.25. The molecule has 138 valence electrons. The lowest BCUT2D eigenvalue weighted by atomic mass is 10.1. The van der Waals surface area contributed by atoms with Crippen molar-refractivity contribution in [3.05, 3.63) is 53.3 Å². The summed E-state index contributed by atoms with van der Waals surface area (Å²) in [5.74, 6) is -1.46. The average molecular weight is 386 g/mol. The zero-order chi connectivity index (χ0) is 19.3. The molecule has 1 aromatic rings. The number of allylic oxidation sites excluding steroid dienone is 2. The molecule has 3 amide bonds. The van der Waals surface area contributed by atoms with Crippen molar-refractivity contribution in [2.45, 2.75) is 0 Å². The fourth-order valence-corrected chi connectivity index (χ4v) is 4.02. The highest BCUT2D eigenvalue weighted by molar-refractivity contribution is 7.90. The van der Waals surface area contributed by atoms with Crippen molar-refractivity contribution in [1.29, 1.82) is 0 Å². The lowest BCUT2D eigenvalue weighted by Crippen LogP contribution is -2.40. The van der Waals surface area contributed by atoms with Crippen LogP contribution < -0.4 is 5.32 Å². The van der Waals surface area contributed by atoms with Crippen molar-refractivity contribution in [2.75, 3.05) is 24.7 Å². The third kappa shape index (κ3) is 2.83. The maximum absolute atomic E-state index is 12.7. The zero-order valence-electron chi connectivity index (χ0n) is 14.2. The first-order valence-electron chi connectivity index (χ1n) is 8.03. The summed E-state index contributed by atoms with van der Waals surface area (Å²) in [6.45, 7) is 0.212. The van der Waals surface area contributed by atoms with E-state index in [0.717, 1.165) is 4.90 Å². The molecule has 0 bridgehead atoms. The number of anilines is 1. The van der Waals surface area contributed by atoms with Crippen molar-refractivity contribution in [2.24, 2.45) is 4.40 Å². The summed E-state index contributed by atoms with van der Waals surface area (Å²) in [6, 6.07) is 4.41. The molecular formula is C17H14N4O5S. The number of fused-ring (bicyclic) bond motifs is 2. The summed E-state index contributed by atoms with van der Waals surface area (Å²) >= 11 is 0. The number of nitrogens with zero attached hydrogens (tertiary/aromatic N) is 3. The van der Waals surface area contributed by atoms with Gasteiger partial charge in [0.1, 0.15) is 0 Å². The molecule has 0 fully saturated rings. The zero-order valence-corrected chi connectivity index (χ0v) is 15.0. The van der Waals surface area contributed by atoms with Gasteiger partial charge in [-0.25, -0.2) is 8.42 Å². The molecule has 0 aliphatic carbocycles. The minimum atomic E-state index is -3.62. The van der Waals surface area contributed by atoms with Crippen LogP contribution in [0.4, 0.5) is 5.69 Å². The Morgan fingerprint density at radius 3 is 2.70 bits per heavy atom. The third-order valence-electron chi connectivity index (χ3n) is 4.45. The van der Waals surface area contributed by atoms with Gasteiger partial charge in [-0.05, 0) is 30.4 Å². The molecular weight excluding hydrogens is 372 g/mol. The molecule has 1 aromatic carbocycles. The molecule has 3 aliphatic heterocycles. The van der Waals surface area contributed by atoms with E-state index < -0.39 is 27.7 Å². The first kappa shape index (κ1) is 17.2. The van der Waals surface area contributed by atoms with Gasteiger partial charge in [0.2, 0.25) is 0 Å². The maximum Gasteiger partial charge on any atom is 0.261 e. The number of nitrogens with one attached hydrogen (secondary N) is 1. The van der Waals surface area contributed by atoms with Crippen LogP contribution in [0.15, 0.2) is 46.5 Å². The molecule has 9 nitrogen and oxygen atoms in total. The Balaban J connectivity index is 1.63. The largest absolute Gasteiger partial charge is 0.331 e. The van der Waals surface area contributed by atoms with Crippen LogP contribution in [-0.4, -0.2) is 61.1 Å². The van der Waals surface area contributed by atoms with Gasteiger partial charge in [0.25, 0.3) is 27.7 Å². The standard InChI is InChI=1S/C17H14N4O5S/c1-20-16(23)11-5-4-10(9-13(11)17(20)24)18-15(22)12-3-2-6-21-7-8-27(25,26)19-14(12)21/h2-6,9H,7-8H2,1H3,(H,18,22). The molecule has 3 heterocycles. The third-order valence-corrected chi connectivity index (χ3v) is 5.60. The second-order valence-electron chi connectivity index (χ2n) is 6.20. The Labute approximate surface area is 154 Å². The van der Waals surface area contributed by atoms with Gasteiger partial charge in [-0.1, -0.05) is 0 Å². The number of amides is 3.